The number of rotatable bonds is 0. The third-order valence-electron chi connectivity index (χ3n) is 0. The molecule has 0 saturated heterocycles. The van der Waals surface area contributed by atoms with Gasteiger partial charge in [0.2, 0.25) is 0 Å². The van der Waals surface area contributed by atoms with Crippen LogP contribution in [0, 0.1) is 0 Å². The number of hydrogen-bond donors (Lipinski definition) is 0. The van der Waals surface area contributed by atoms with Crippen LogP contribution in [0.3, 0.4) is 0 Å². The van der Waals surface area contributed by atoms with Crippen molar-refractivity contribution in [1.29, 1.82) is 0 Å². The summed E-state index contributed by atoms with van der Waals surface area (Å²) in [4.78, 5) is 0. The van der Waals surface area contributed by atoms with Crippen molar-refractivity contribution in [2.24, 2.45) is 0 Å². The molecule has 0 radical (unpaired) electrons. The molecule has 0 spiro atoms. The Hall–Kier alpha value is 0.537. The minimum atomic E-state index is -11.3. The molecule has 0 aliphatic rings. The Morgan fingerprint density at radius 2 is 0.286 bits per heavy atom. The van der Waals surface area contributed by atoms with E-state index in [2.05, 4.69) is 0 Å². The summed E-state index contributed by atoms with van der Waals surface area (Å²) in [5.41, 5.74) is 0. The van der Waals surface area contributed by atoms with Gasteiger partial charge in [0.15, 0.2) is 0 Å². The molecule has 0 nitrogen and oxygen atoms in total. The first-order valence-corrected chi connectivity index (χ1v) is 15.2. The number of hydrogen-bond acceptors (Lipinski definition) is 0. The van der Waals surface area contributed by atoms with Crippen molar-refractivity contribution < 1.29 is 71.3 Å². The van der Waals surface area contributed by atoms with Crippen LogP contribution in [0.5, 0.6) is 0 Å². The second kappa shape index (κ2) is 2.28. The Morgan fingerprint density at radius 3 is 0.286 bits per heavy atom. The first-order chi connectivity index (χ1) is 4.90. The van der Waals surface area contributed by atoms with E-state index in [1.807, 2.05) is 0 Å². The summed E-state index contributed by atoms with van der Waals surface area (Å²) in [5, 5.41) is 0. The molecular formula is F12W2. The molecule has 0 saturated carbocycles. The van der Waals surface area contributed by atoms with Crippen molar-refractivity contribution in [1.82, 2.24) is 0 Å². The van der Waals surface area contributed by atoms with Crippen LogP contribution in [-0.2, 0) is 33.4 Å². The fraction of sp³-hybridized carbons (Fsp3) is 0. The van der Waals surface area contributed by atoms with Gasteiger partial charge in [-0.05, 0) is 0 Å². The van der Waals surface area contributed by atoms with E-state index in [0.29, 0.717) is 0 Å². The Morgan fingerprint density at radius 1 is 0.286 bits per heavy atom. The first-order valence-electron chi connectivity index (χ1n) is 1.85. The Labute approximate surface area is 71.6 Å². The summed E-state index contributed by atoms with van der Waals surface area (Å²) in [6, 6.07) is 0. The van der Waals surface area contributed by atoms with Gasteiger partial charge in [0.05, 0.1) is 0 Å². The van der Waals surface area contributed by atoms with Gasteiger partial charge in [0, 0.05) is 0 Å². The summed E-state index contributed by atoms with van der Waals surface area (Å²) in [7, 11) is 0. The van der Waals surface area contributed by atoms with Crippen LogP contribution >= 0.6 is 0 Å². The summed E-state index contributed by atoms with van der Waals surface area (Å²) < 4.78 is 119. The molecule has 0 N–H and O–H groups in total. The van der Waals surface area contributed by atoms with Gasteiger partial charge in [-0.2, -0.15) is 0 Å². The van der Waals surface area contributed by atoms with E-state index in [1.165, 1.54) is 0 Å². The van der Waals surface area contributed by atoms with Crippen LogP contribution in [0.2, 0.25) is 0 Å². The van der Waals surface area contributed by atoms with E-state index in [-0.39, 0.29) is 0 Å². The molecule has 0 aliphatic carbocycles. The molecule has 0 heterocycles. The molecule has 0 bridgehead atoms. The Kier molecular flexibility index (Phi) is 2.76. The topological polar surface area (TPSA) is 0 Å². The average Bonchev–Trinajstić information content (AvgIpc) is 0.938. The van der Waals surface area contributed by atoms with E-state index in [9.17, 15) is 37.9 Å². The molecule has 0 aromatic heterocycles. The average molecular weight is 596 g/mol. The first kappa shape index (κ1) is 16.9. The van der Waals surface area contributed by atoms with E-state index < -0.39 is 33.4 Å². The molecule has 0 aliphatic heterocycles. The zero-order chi connectivity index (χ0) is 12.8. The van der Waals surface area contributed by atoms with Crippen LogP contribution < -0.4 is 0 Å². The van der Waals surface area contributed by atoms with E-state index in [4.69, 9.17) is 0 Å². The SMILES string of the molecule is [F][W]([F])([F])([F])([F])[F].[F][W]([F])([F])([F])([F])[F]. The van der Waals surface area contributed by atoms with Gasteiger partial charge in [-0.25, -0.2) is 0 Å². The molecule has 0 atom stereocenters. The Balaban J connectivity index is 0. The van der Waals surface area contributed by atoms with Crippen molar-refractivity contribution in [2.45, 2.75) is 0 Å². The number of halogens is 12. The molecule has 14 heavy (non-hydrogen) atoms. The maximum atomic E-state index is 9.93. The molecule has 0 amide bonds. The molecule has 14 heteroatoms. The van der Waals surface area contributed by atoms with Crippen LogP contribution in [0.1, 0.15) is 0 Å². The molecule has 0 aromatic carbocycles. The monoisotopic (exact) mass is 596 g/mol. The van der Waals surface area contributed by atoms with Gasteiger partial charge in [-0.1, -0.05) is 0 Å². The zero-order valence-electron chi connectivity index (χ0n) is 5.35. The van der Waals surface area contributed by atoms with Crippen LogP contribution in [0.15, 0.2) is 0 Å². The second-order valence-electron chi connectivity index (χ2n) is 1.75. The fourth-order valence-electron chi connectivity index (χ4n) is 0. The standard InChI is InChI=1S/12FH.2W/h12*1H;;/q;;;;;;;;;;;;2*+6/p-12. The predicted octanol–water partition coefficient (Wildman–Crippen LogP) is 5.04. The van der Waals surface area contributed by atoms with Crippen LogP contribution in [0.25, 0.3) is 0 Å². The van der Waals surface area contributed by atoms with Gasteiger partial charge >= 0.3 is 71.3 Å². The summed E-state index contributed by atoms with van der Waals surface area (Å²) in [5.74, 6) is 0. The second-order valence-corrected chi connectivity index (χ2v) is 14.3. The summed E-state index contributed by atoms with van der Waals surface area (Å²) >= 11 is -22.6. The summed E-state index contributed by atoms with van der Waals surface area (Å²) in [6.07, 6.45) is 0. The fourth-order valence-corrected chi connectivity index (χ4v) is 0. The Bertz CT molecular complexity index is 155. The third kappa shape index (κ3) is 5790. The minimum absolute atomic E-state index is 9.93. The van der Waals surface area contributed by atoms with Gasteiger partial charge in [-0.3, -0.25) is 0 Å². The molecule has 96 valence electrons. The van der Waals surface area contributed by atoms with Crippen molar-refractivity contribution in [3.63, 3.8) is 0 Å². The van der Waals surface area contributed by atoms with Gasteiger partial charge in [0.1, 0.15) is 0 Å². The normalized spacial score (nSPS) is 23.1. The third-order valence-corrected chi connectivity index (χ3v) is 0. The van der Waals surface area contributed by atoms with Crippen LogP contribution in [0.4, 0.5) is 37.9 Å². The molecule has 0 rings (SSSR count). The van der Waals surface area contributed by atoms with E-state index >= 15 is 0 Å². The van der Waals surface area contributed by atoms with Crippen molar-refractivity contribution in [3.05, 3.63) is 0 Å². The predicted molar refractivity (Wildman–Crippen MR) is 13.3 cm³/mol. The van der Waals surface area contributed by atoms with Gasteiger partial charge < -0.3 is 0 Å². The van der Waals surface area contributed by atoms with E-state index in [1.54, 1.807) is 0 Å². The van der Waals surface area contributed by atoms with Crippen molar-refractivity contribution in [2.75, 3.05) is 0 Å². The molecular weight excluding hydrogens is 596 g/mol. The molecule has 0 unspecified atom stereocenters. The summed E-state index contributed by atoms with van der Waals surface area (Å²) in [6.45, 7) is 0. The maximum absolute atomic E-state index is 11.3. The molecule has 0 aromatic rings. The zero-order valence-corrected chi connectivity index (χ0v) is 11.2. The quantitative estimate of drug-likeness (QED) is 0.345. The van der Waals surface area contributed by atoms with Crippen LogP contribution in [-0.4, -0.2) is 0 Å². The van der Waals surface area contributed by atoms with E-state index in [0.717, 1.165) is 0 Å². The van der Waals surface area contributed by atoms with Gasteiger partial charge in [-0.15, -0.1) is 0 Å². The van der Waals surface area contributed by atoms with Gasteiger partial charge in [0.25, 0.3) is 0 Å². The van der Waals surface area contributed by atoms with Crippen molar-refractivity contribution >= 4 is 0 Å². The van der Waals surface area contributed by atoms with Crippen molar-refractivity contribution in [3.8, 4) is 0 Å². The molecule has 0 fully saturated rings.